The van der Waals surface area contributed by atoms with Crippen molar-refractivity contribution in [3.63, 3.8) is 0 Å². The molecule has 1 N–H and O–H groups in total. The summed E-state index contributed by atoms with van der Waals surface area (Å²) in [5.41, 5.74) is -3.52. The summed E-state index contributed by atoms with van der Waals surface area (Å²) in [6.45, 7) is 4.44. The minimum Gasteiger partial charge on any atom is -0.506 e. The summed E-state index contributed by atoms with van der Waals surface area (Å²) in [5, 5.41) is 9.17. The smallest absolute Gasteiger partial charge is 0.506 e. The molecule has 10 nitrogen and oxygen atoms in total. The van der Waals surface area contributed by atoms with E-state index in [1.807, 2.05) is 6.07 Å². The normalized spacial score (nSPS) is 21.5. The van der Waals surface area contributed by atoms with E-state index in [9.17, 15) is 26.7 Å². The highest BCUT2D eigenvalue weighted by Crippen LogP contribution is 2.37. The average Bonchev–Trinajstić information content (AvgIpc) is 2.98. The number of nitrogens with zero attached hydrogens (tertiary/aromatic N) is 2. The molecule has 2 aliphatic rings. The summed E-state index contributed by atoms with van der Waals surface area (Å²) in [5.74, 6) is 2.39. The van der Waals surface area contributed by atoms with Crippen LogP contribution in [0, 0.1) is 11.8 Å². The van der Waals surface area contributed by atoms with Gasteiger partial charge in [0.15, 0.2) is 5.75 Å². The van der Waals surface area contributed by atoms with Gasteiger partial charge in [-0.3, -0.25) is 9.97 Å². The van der Waals surface area contributed by atoms with Gasteiger partial charge < -0.3 is 9.29 Å². The van der Waals surface area contributed by atoms with Gasteiger partial charge in [-0.05, 0) is 87.5 Å². The van der Waals surface area contributed by atoms with E-state index in [2.05, 4.69) is 28.0 Å². The Kier molecular flexibility index (Phi) is 16.4. The predicted molar refractivity (Wildman–Crippen MR) is 146 cm³/mol. The van der Waals surface area contributed by atoms with Crippen LogP contribution in [0.15, 0.2) is 36.7 Å². The van der Waals surface area contributed by atoms with Crippen LogP contribution in [0.5, 0.6) is 11.5 Å². The van der Waals surface area contributed by atoms with Crippen molar-refractivity contribution in [3.05, 3.63) is 48.0 Å². The van der Waals surface area contributed by atoms with Crippen molar-refractivity contribution in [1.29, 1.82) is 0 Å². The lowest BCUT2D eigenvalue weighted by Gasteiger charge is -2.27. The molecule has 238 valence electrons. The fourth-order valence-electron chi connectivity index (χ4n) is 5.23. The van der Waals surface area contributed by atoms with E-state index < -0.39 is 21.4 Å². The van der Waals surface area contributed by atoms with Crippen molar-refractivity contribution in [2.75, 3.05) is 0 Å². The molecule has 0 bridgehead atoms. The highest BCUT2D eigenvalue weighted by molar-refractivity contribution is 7.88. The number of aromatic nitrogens is 2. The van der Waals surface area contributed by atoms with Crippen LogP contribution in [0.25, 0.3) is 0 Å². The maximum atomic E-state index is 12.2. The van der Waals surface area contributed by atoms with Gasteiger partial charge in [0.1, 0.15) is 5.75 Å². The molecule has 2 fully saturated rings. The van der Waals surface area contributed by atoms with Gasteiger partial charge in [0, 0.05) is 23.2 Å². The van der Waals surface area contributed by atoms with Crippen LogP contribution in [0.2, 0.25) is 0 Å². The van der Waals surface area contributed by atoms with E-state index >= 15 is 0 Å². The molecule has 2 heterocycles. The van der Waals surface area contributed by atoms with Crippen molar-refractivity contribution in [3.8, 4) is 11.5 Å². The van der Waals surface area contributed by atoms with Gasteiger partial charge >= 0.3 is 27.9 Å². The van der Waals surface area contributed by atoms with E-state index in [1.54, 1.807) is 12.3 Å². The van der Waals surface area contributed by atoms with E-state index in [1.165, 1.54) is 44.2 Å². The first-order valence-corrected chi connectivity index (χ1v) is 15.4. The fraction of sp³-hybridized carbons (Fsp3) is 0.586. The van der Waals surface area contributed by atoms with Crippen LogP contribution in [0.3, 0.4) is 0 Å². The third kappa shape index (κ3) is 13.1. The lowest BCUT2D eigenvalue weighted by Crippen LogP contribution is -2.28. The molecule has 0 aliphatic heterocycles. The van der Waals surface area contributed by atoms with Gasteiger partial charge in [-0.2, -0.15) is 40.8 Å². The van der Waals surface area contributed by atoms with E-state index in [-0.39, 0.29) is 24.0 Å². The Labute approximate surface area is 249 Å². The fourth-order valence-corrected chi connectivity index (χ4v) is 5.67. The maximum absolute atomic E-state index is 12.2. The molecule has 0 atom stereocenters. The molecule has 4 rings (SSSR count). The molecule has 0 radical (unpaired) electrons. The first-order chi connectivity index (χ1) is 20.3. The van der Waals surface area contributed by atoms with Crippen LogP contribution >= 0.6 is 0 Å². The Hall–Kier alpha value is -3.60. The summed E-state index contributed by atoms with van der Waals surface area (Å²) >= 11 is 0. The van der Waals surface area contributed by atoms with Crippen LogP contribution in [-0.4, -0.2) is 41.3 Å². The van der Waals surface area contributed by atoms with E-state index in [0.29, 0.717) is 5.92 Å². The molecular formula is C29H37F3N2O8S. The third-order valence-electron chi connectivity index (χ3n) is 7.70. The first-order valence-electron chi connectivity index (χ1n) is 14.0. The number of hydrogen-bond acceptors (Lipinski definition) is 10. The Balaban J connectivity index is 0.000000380. The zero-order valence-electron chi connectivity index (χ0n) is 24.1. The summed E-state index contributed by atoms with van der Waals surface area (Å²) in [6, 6.07) is 6.47. The van der Waals surface area contributed by atoms with Crippen molar-refractivity contribution in [2.45, 2.75) is 95.4 Å². The molecule has 0 amide bonds. The van der Waals surface area contributed by atoms with Gasteiger partial charge in [0.25, 0.3) is 0 Å². The maximum Gasteiger partial charge on any atom is 0.534 e. The molecule has 0 spiro atoms. The number of pyridine rings is 2. The summed E-state index contributed by atoms with van der Waals surface area (Å²) in [7, 11) is -5.64. The van der Waals surface area contributed by atoms with Gasteiger partial charge in [0.2, 0.25) is 0 Å². The molecule has 2 aromatic heterocycles. The zero-order valence-corrected chi connectivity index (χ0v) is 24.9. The van der Waals surface area contributed by atoms with Crippen LogP contribution < -0.4 is 4.18 Å². The lowest BCUT2D eigenvalue weighted by molar-refractivity contribution is -0.193. The topological polar surface area (TPSA) is 158 Å². The number of halogens is 3. The molecule has 2 aromatic rings. The highest BCUT2D eigenvalue weighted by atomic mass is 32.2. The molecule has 0 unspecified atom stereocenters. The van der Waals surface area contributed by atoms with Gasteiger partial charge in [-0.25, -0.2) is 0 Å². The molecule has 2 saturated carbocycles. The van der Waals surface area contributed by atoms with Crippen molar-refractivity contribution in [2.24, 2.45) is 11.8 Å². The van der Waals surface area contributed by atoms with Crippen LogP contribution in [0.4, 0.5) is 13.2 Å². The van der Waals surface area contributed by atoms with E-state index in [4.69, 9.17) is 19.2 Å². The summed E-state index contributed by atoms with van der Waals surface area (Å²) in [6.07, 6.45) is 15.0. The van der Waals surface area contributed by atoms with Crippen molar-refractivity contribution >= 4 is 22.4 Å². The Morgan fingerprint density at radius 1 is 0.767 bits per heavy atom. The van der Waals surface area contributed by atoms with Crippen LogP contribution in [-0.2, 0) is 29.3 Å². The van der Waals surface area contributed by atoms with Gasteiger partial charge in [0.05, 0.1) is 12.4 Å². The van der Waals surface area contributed by atoms with Gasteiger partial charge in [-0.15, -0.1) is 0 Å². The molecule has 43 heavy (non-hydrogen) atoms. The average molecular weight is 631 g/mol. The number of aromatic hydroxyl groups is 1. The second kappa shape index (κ2) is 18.8. The van der Waals surface area contributed by atoms with E-state index in [0.717, 1.165) is 61.5 Å². The Morgan fingerprint density at radius 2 is 1.16 bits per heavy atom. The quantitative estimate of drug-likeness (QED) is 0.284. The van der Waals surface area contributed by atoms with Crippen molar-refractivity contribution < 1.29 is 50.1 Å². The minimum absolute atomic E-state index is 0.250. The Bertz CT molecular complexity index is 1230. The number of hydrogen-bond donors (Lipinski definition) is 1. The van der Waals surface area contributed by atoms with Gasteiger partial charge in [-0.1, -0.05) is 26.7 Å². The van der Waals surface area contributed by atoms with Crippen LogP contribution in [0.1, 0.15) is 101 Å². The number of rotatable bonds is 6. The second-order valence-electron chi connectivity index (χ2n) is 10.3. The number of alkyl halides is 3. The zero-order chi connectivity index (χ0) is 32.5. The highest BCUT2D eigenvalue weighted by Gasteiger charge is 2.48. The largest absolute Gasteiger partial charge is 0.534 e. The number of carbonyl (C=O) groups excluding carboxylic acids is 4. The molecule has 2 aliphatic carbocycles. The minimum atomic E-state index is -5.64. The molecule has 14 heteroatoms. The molecular weight excluding hydrogens is 593 g/mol. The Morgan fingerprint density at radius 3 is 1.47 bits per heavy atom. The van der Waals surface area contributed by atoms with Crippen molar-refractivity contribution in [1.82, 2.24) is 9.97 Å². The molecule has 0 saturated heterocycles. The molecule has 0 aromatic carbocycles. The lowest BCUT2D eigenvalue weighted by atomic mass is 9.79. The standard InChI is InChI=1S/C14H18F3NO3S.C13H19NO.2CO2/c1-2-10-3-5-11(6-4-10)13-8-7-12(9-18-13)21-22(19,20)14(15,16)17;1-2-10-3-5-11(6-4-10)13-8-7-12(15)9-14-13;2*2-1-3/h7-11H,2-6H2,1H3;7-11,15H,2-6H2,1H3;;. The SMILES string of the molecule is CCC1CCC(c2ccc(O)cn2)CC1.CCC1CCC(c2ccc(OS(=O)(=O)C(F)(F)F)cn2)CC1.O=C=O.O=C=O. The summed E-state index contributed by atoms with van der Waals surface area (Å²) in [4.78, 5) is 40.9. The predicted octanol–water partition coefficient (Wildman–Crippen LogP) is 6.30. The first kappa shape index (κ1) is 37.4. The third-order valence-corrected chi connectivity index (χ3v) is 8.68. The summed E-state index contributed by atoms with van der Waals surface area (Å²) < 4.78 is 62.5. The second-order valence-corrected chi connectivity index (χ2v) is 11.8. The monoisotopic (exact) mass is 630 g/mol.